The predicted octanol–water partition coefficient (Wildman–Crippen LogP) is 1.09. The molecule has 0 bridgehead atoms. The van der Waals surface area contributed by atoms with Crippen LogP contribution in [0.3, 0.4) is 0 Å². The van der Waals surface area contributed by atoms with Gasteiger partial charge in [0.25, 0.3) is 0 Å². The first-order valence-corrected chi connectivity index (χ1v) is 5.60. The van der Waals surface area contributed by atoms with Gasteiger partial charge in [-0.1, -0.05) is 5.16 Å². The Bertz CT molecular complexity index is 315. The molecule has 84 valence electrons. The summed E-state index contributed by atoms with van der Waals surface area (Å²) in [7, 11) is 0. The molecule has 0 amide bonds. The van der Waals surface area contributed by atoms with Crippen LogP contribution in [0.4, 0.5) is 0 Å². The van der Waals surface area contributed by atoms with Crippen molar-refractivity contribution in [3.63, 3.8) is 0 Å². The van der Waals surface area contributed by atoms with Crippen LogP contribution < -0.4 is 11.1 Å². The lowest BCUT2D eigenvalue weighted by molar-refractivity contribution is 0.390. The third-order valence-electron chi connectivity index (χ3n) is 3.28. The number of hydrogen-bond donors (Lipinski definition) is 2. The Morgan fingerprint density at radius 2 is 2.33 bits per heavy atom. The molecule has 2 heterocycles. The van der Waals surface area contributed by atoms with Crippen LogP contribution in [0.15, 0.2) is 4.52 Å². The van der Waals surface area contributed by atoms with Gasteiger partial charge in [0.15, 0.2) is 0 Å². The summed E-state index contributed by atoms with van der Waals surface area (Å²) in [5, 5.41) is 7.52. The van der Waals surface area contributed by atoms with Crippen LogP contribution in [0, 0.1) is 13.8 Å². The first-order valence-electron chi connectivity index (χ1n) is 5.60. The summed E-state index contributed by atoms with van der Waals surface area (Å²) < 4.78 is 5.23. The van der Waals surface area contributed by atoms with Gasteiger partial charge in [-0.3, -0.25) is 0 Å². The largest absolute Gasteiger partial charge is 0.361 e. The zero-order chi connectivity index (χ0) is 10.8. The Morgan fingerprint density at radius 1 is 1.53 bits per heavy atom. The number of aryl methyl sites for hydroxylation is 2. The molecule has 1 aromatic heterocycles. The lowest BCUT2D eigenvalue weighted by Gasteiger charge is -2.18. The first-order chi connectivity index (χ1) is 7.24. The van der Waals surface area contributed by atoms with Crippen molar-refractivity contribution in [2.45, 2.75) is 38.6 Å². The Kier molecular flexibility index (Phi) is 3.07. The maximum absolute atomic E-state index is 5.62. The van der Waals surface area contributed by atoms with Crippen molar-refractivity contribution in [3.05, 3.63) is 17.0 Å². The highest BCUT2D eigenvalue weighted by Crippen LogP contribution is 2.33. The first kappa shape index (κ1) is 10.6. The maximum Gasteiger partial charge on any atom is 0.137 e. The molecule has 4 nitrogen and oxygen atoms in total. The molecule has 0 spiro atoms. The maximum atomic E-state index is 5.62. The van der Waals surface area contributed by atoms with E-state index < -0.39 is 0 Å². The molecule has 4 heteroatoms. The van der Waals surface area contributed by atoms with Gasteiger partial charge in [0.2, 0.25) is 0 Å². The van der Waals surface area contributed by atoms with Crippen molar-refractivity contribution >= 4 is 0 Å². The predicted molar refractivity (Wildman–Crippen MR) is 58.8 cm³/mol. The van der Waals surface area contributed by atoms with Gasteiger partial charge in [0.1, 0.15) is 5.76 Å². The van der Waals surface area contributed by atoms with Gasteiger partial charge in [-0.05, 0) is 39.8 Å². The molecule has 2 atom stereocenters. The van der Waals surface area contributed by atoms with E-state index >= 15 is 0 Å². The number of nitrogens with one attached hydrogen (secondary N) is 1. The molecule has 1 saturated heterocycles. The van der Waals surface area contributed by atoms with E-state index in [2.05, 4.69) is 10.5 Å². The van der Waals surface area contributed by atoms with Crippen LogP contribution in [0.5, 0.6) is 0 Å². The minimum absolute atomic E-state index is 0.492. The number of nitrogens with zero attached hydrogens (tertiary/aromatic N) is 1. The molecule has 3 N–H and O–H groups in total. The van der Waals surface area contributed by atoms with Crippen molar-refractivity contribution in [1.82, 2.24) is 10.5 Å². The van der Waals surface area contributed by atoms with Gasteiger partial charge < -0.3 is 15.6 Å². The molecular weight excluding hydrogens is 190 g/mol. The monoisotopic (exact) mass is 209 g/mol. The van der Waals surface area contributed by atoms with E-state index in [9.17, 15) is 0 Å². The third kappa shape index (κ3) is 1.92. The highest BCUT2D eigenvalue weighted by atomic mass is 16.5. The molecule has 15 heavy (non-hydrogen) atoms. The van der Waals surface area contributed by atoms with E-state index in [0.29, 0.717) is 12.0 Å². The quantitative estimate of drug-likeness (QED) is 0.782. The second-order valence-corrected chi connectivity index (χ2v) is 4.27. The molecule has 0 aromatic carbocycles. The van der Waals surface area contributed by atoms with Gasteiger partial charge in [-0.2, -0.15) is 0 Å². The average molecular weight is 209 g/mol. The van der Waals surface area contributed by atoms with Crippen molar-refractivity contribution < 1.29 is 4.52 Å². The van der Waals surface area contributed by atoms with Crippen LogP contribution >= 0.6 is 0 Å². The summed E-state index contributed by atoms with van der Waals surface area (Å²) in [4.78, 5) is 0. The molecule has 2 unspecified atom stereocenters. The van der Waals surface area contributed by atoms with Gasteiger partial charge >= 0.3 is 0 Å². The van der Waals surface area contributed by atoms with Crippen LogP contribution in [-0.2, 0) is 0 Å². The Balaban J connectivity index is 2.22. The van der Waals surface area contributed by atoms with E-state index in [1.54, 1.807) is 0 Å². The molecule has 1 aliphatic rings. The molecule has 2 rings (SSSR count). The fourth-order valence-electron chi connectivity index (χ4n) is 2.62. The second-order valence-electron chi connectivity index (χ2n) is 4.27. The zero-order valence-corrected chi connectivity index (χ0v) is 9.42. The Hall–Kier alpha value is -0.870. The number of rotatable bonds is 3. The van der Waals surface area contributed by atoms with Crippen LogP contribution in [0.2, 0.25) is 0 Å². The fraction of sp³-hybridized carbons (Fsp3) is 0.727. The minimum Gasteiger partial charge on any atom is -0.361 e. The minimum atomic E-state index is 0.492. The van der Waals surface area contributed by atoms with Crippen molar-refractivity contribution in [3.8, 4) is 0 Å². The summed E-state index contributed by atoms with van der Waals surface area (Å²) in [6.07, 6.45) is 2.18. The molecule has 1 aromatic rings. The van der Waals surface area contributed by atoms with Crippen LogP contribution in [0.25, 0.3) is 0 Å². The van der Waals surface area contributed by atoms with E-state index in [1.165, 1.54) is 5.56 Å². The van der Waals surface area contributed by atoms with Crippen LogP contribution in [-0.4, -0.2) is 24.3 Å². The lowest BCUT2D eigenvalue weighted by atomic mass is 9.89. The number of nitrogens with two attached hydrogens (primary N) is 1. The molecule has 0 saturated carbocycles. The summed E-state index contributed by atoms with van der Waals surface area (Å²) in [5.41, 5.74) is 7.94. The molecule has 0 radical (unpaired) electrons. The van der Waals surface area contributed by atoms with E-state index in [-0.39, 0.29) is 0 Å². The number of aromatic nitrogens is 1. The normalized spacial score (nSPS) is 26.1. The Morgan fingerprint density at radius 3 is 2.93 bits per heavy atom. The molecule has 1 fully saturated rings. The number of hydrogen-bond acceptors (Lipinski definition) is 4. The summed E-state index contributed by atoms with van der Waals surface area (Å²) >= 11 is 0. The van der Waals surface area contributed by atoms with Crippen LogP contribution in [0.1, 0.15) is 35.8 Å². The lowest BCUT2D eigenvalue weighted by Crippen LogP contribution is -2.28. The van der Waals surface area contributed by atoms with Gasteiger partial charge in [0, 0.05) is 17.5 Å². The summed E-state index contributed by atoms with van der Waals surface area (Å²) in [5.74, 6) is 1.49. The molecule has 1 aliphatic heterocycles. The summed E-state index contributed by atoms with van der Waals surface area (Å²) in [6, 6.07) is 0.492. The van der Waals surface area contributed by atoms with E-state index in [1.807, 2.05) is 13.8 Å². The van der Waals surface area contributed by atoms with Crippen molar-refractivity contribution in [2.75, 3.05) is 13.1 Å². The van der Waals surface area contributed by atoms with Crippen molar-refractivity contribution in [1.29, 1.82) is 0 Å². The topological polar surface area (TPSA) is 64.1 Å². The molecular formula is C11H19N3O. The highest BCUT2D eigenvalue weighted by molar-refractivity contribution is 5.28. The third-order valence-corrected chi connectivity index (χ3v) is 3.28. The Labute approximate surface area is 90.2 Å². The standard InChI is InChI=1S/C11H19N3O/c1-7-11(8(2)15-14-7)9-4-6-13-10(9)3-5-12/h9-10,13H,3-6,12H2,1-2H3. The van der Waals surface area contributed by atoms with Gasteiger partial charge in [0.05, 0.1) is 5.69 Å². The SMILES string of the molecule is Cc1noc(C)c1C1CCNC1CCN. The van der Waals surface area contributed by atoms with E-state index in [4.69, 9.17) is 10.3 Å². The fourth-order valence-corrected chi connectivity index (χ4v) is 2.62. The smallest absolute Gasteiger partial charge is 0.137 e. The van der Waals surface area contributed by atoms with E-state index in [0.717, 1.165) is 37.4 Å². The van der Waals surface area contributed by atoms with Gasteiger partial charge in [-0.15, -0.1) is 0 Å². The average Bonchev–Trinajstić information content (AvgIpc) is 2.75. The van der Waals surface area contributed by atoms with Crippen molar-refractivity contribution in [2.24, 2.45) is 5.73 Å². The highest BCUT2D eigenvalue weighted by Gasteiger charge is 2.31. The summed E-state index contributed by atoms with van der Waals surface area (Å²) in [6.45, 7) is 5.81. The zero-order valence-electron chi connectivity index (χ0n) is 9.42. The van der Waals surface area contributed by atoms with Gasteiger partial charge in [-0.25, -0.2) is 0 Å². The second kappa shape index (κ2) is 4.33. The molecule has 0 aliphatic carbocycles.